The Kier molecular flexibility index (Phi) is 6.91. The maximum atomic E-state index is 13.0. The fraction of sp³-hybridized carbons (Fsp3) is 0.360. The molecular formula is C25H26F2N2O4. The predicted octanol–water partition coefficient (Wildman–Crippen LogP) is 5.38. The summed E-state index contributed by atoms with van der Waals surface area (Å²) in [5.74, 6) is 1.37. The lowest BCUT2D eigenvalue weighted by Crippen LogP contribution is -2.32. The lowest BCUT2D eigenvalue weighted by Gasteiger charge is -2.23. The molecule has 174 valence electrons. The Bertz CT molecular complexity index is 1090. The van der Waals surface area contributed by atoms with Crippen LogP contribution in [0.3, 0.4) is 0 Å². The molecule has 0 radical (unpaired) electrons. The predicted molar refractivity (Wildman–Crippen MR) is 118 cm³/mol. The highest BCUT2D eigenvalue weighted by molar-refractivity contribution is 5.77. The molecule has 6 nitrogen and oxygen atoms in total. The van der Waals surface area contributed by atoms with Crippen LogP contribution in [-0.4, -0.2) is 35.6 Å². The van der Waals surface area contributed by atoms with Crippen LogP contribution in [0.2, 0.25) is 0 Å². The Morgan fingerprint density at radius 2 is 1.94 bits per heavy atom. The molecule has 0 saturated heterocycles. The number of oxazole rings is 1. The van der Waals surface area contributed by atoms with E-state index in [1.54, 1.807) is 18.3 Å². The molecule has 0 unspecified atom stereocenters. The van der Waals surface area contributed by atoms with Crippen molar-refractivity contribution in [1.29, 1.82) is 0 Å². The Morgan fingerprint density at radius 1 is 1.18 bits per heavy atom. The molecule has 4 rings (SSSR count). The standard InChI is InChI=1S/C25H26F2N2O4/c1-16-3-6-18(7-4-16)22-14-28-23(32-22)11-12-24(30)29(19-8-9-19)15-17-5-10-20(33-25(26)27)21(13-17)31-2/h3-7,10,13-14,19,25H,8-9,11-12,15H2,1-2H3. The molecule has 33 heavy (non-hydrogen) atoms. The molecule has 0 spiro atoms. The van der Waals surface area contributed by atoms with E-state index in [0.29, 0.717) is 24.6 Å². The second-order valence-corrected chi connectivity index (χ2v) is 8.10. The minimum Gasteiger partial charge on any atom is -0.493 e. The molecule has 3 aromatic rings. The van der Waals surface area contributed by atoms with Crippen LogP contribution in [0.4, 0.5) is 8.78 Å². The highest BCUT2D eigenvalue weighted by Gasteiger charge is 2.32. The minimum absolute atomic E-state index is 0.000500. The third-order valence-corrected chi connectivity index (χ3v) is 5.55. The van der Waals surface area contributed by atoms with Crippen LogP contribution in [0.25, 0.3) is 11.3 Å². The SMILES string of the molecule is COc1cc(CN(C(=O)CCc2ncc(-c3ccc(C)cc3)o2)C2CC2)ccc1OC(F)F. The highest BCUT2D eigenvalue weighted by Crippen LogP contribution is 2.33. The summed E-state index contributed by atoms with van der Waals surface area (Å²) in [5.41, 5.74) is 2.89. The van der Waals surface area contributed by atoms with Crippen molar-refractivity contribution < 1.29 is 27.5 Å². The van der Waals surface area contributed by atoms with E-state index in [0.717, 1.165) is 29.5 Å². The van der Waals surface area contributed by atoms with Gasteiger partial charge in [0.1, 0.15) is 0 Å². The normalized spacial score (nSPS) is 13.2. The van der Waals surface area contributed by atoms with Gasteiger partial charge < -0.3 is 18.8 Å². The van der Waals surface area contributed by atoms with E-state index >= 15 is 0 Å². The number of amides is 1. The van der Waals surface area contributed by atoms with Gasteiger partial charge in [0.15, 0.2) is 23.1 Å². The number of halogens is 2. The zero-order valence-electron chi connectivity index (χ0n) is 18.6. The number of aromatic nitrogens is 1. The van der Waals surface area contributed by atoms with Crippen LogP contribution < -0.4 is 9.47 Å². The van der Waals surface area contributed by atoms with Crippen LogP contribution in [0, 0.1) is 6.92 Å². The second-order valence-electron chi connectivity index (χ2n) is 8.10. The van der Waals surface area contributed by atoms with E-state index in [1.807, 2.05) is 36.1 Å². The van der Waals surface area contributed by atoms with E-state index < -0.39 is 6.61 Å². The molecular weight excluding hydrogens is 430 g/mol. The second kappa shape index (κ2) is 10.0. The molecule has 0 atom stereocenters. The Labute approximate surface area is 191 Å². The molecule has 1 fully saturated rings. The smallest absolute Gasteiger partial charge is 0.387 e. The van der Waals surface area contributed by atoms with Gasteiger partial charge in [-0.2, -0.15) is 8.78 Å². The first-order chi connectivity index (χ1) is 15.9. The highest BCUT2D eigenvalue weighted by atomic mass is 19.3. The fourth-order valence-corrected chi connectivity index (χ4v) is 3.64. The summed E-state index contributed by atoms with van der Waals surface area (Å²) < 4.78 is 40.6. The summed E-state index contributed by atoms with van der Waals surface area (Å²) in [6.45, 7) is -0.542. The van der Waals surface area contributed by atoms with E-state index in [2.05, 4.69) is 9.72 Å². The monoisotopic (exact) mass is 456 g/mol. The van der Waals surface area contributed by atoms with Gasteiger partial charge in [-0.25, -0.2) is 4.98 Å². The van der Waals surface area contributed by atoms with Crippen molar-refractivity contribution in [2.45, 2.75) is 51.8 Å². The van der Waals surface area contributed by atoms with E-state index in [9.17, 15) is 13.6 Å². The summed E-state index contributed by atoms with van der Waals surface area (Å²) >= 11 is 0. The van der Waals surface area contributed by atoms with E-state index in [-0.39, 0.29) is 29.9 Å². The number of nitrogens with zero attached hydrogens (tertiary/aromatic N) is 2. The van der Waals surface area contributed by atoms with Gasteiger partial charge in [0.05, 0.1) is 13.3 Å². The first-order valence-corrected chi connectivity index (χ1v) is 10.9. The first kappa shape index (κ1) is 22.8. The van der Waals surface area contributed by atoms with Crippen molar-refractivity contribution in [3.63, 3.8) is 0 Å². The van der Waals surface area contributed by atoms with Crippen molar-refractivity contribution in [2.75, 3.05) is 7.11 Å². The molecule has 1 heterocycles. The number of carbonyl (C=O) groups excluding carboxylic acids is 1. The van der Waals surface area contributed by atoms with Gasteiger partial charge in [0.25, 0.3) is 0 Å². The van der Waals surface area contributed by atoms with Crippen LogP contribution >= 0.6 is 0 Å². The number of carbonyl (C=O) groups is 1. The Hall–Kier alpha value is -3.42. The fourth-order valence-electron chi connectivity index (χ4n) is 3.64. The topological polar surface area (TPSA) is 64.8 Å². The number of alkyl halides is 2. The average molecular weight is 456 g/mol. The van der Waals surface area contributed by atoms with Gasteiger partial charge in [-0.15, -0.1) is 0 Å². The van der Waals surface area contributed by atoms with Crippen LogP contribution in [0.1, 0.15) is 36.3 Å². The molecule has 1 aliphatic rings. The van der Waals surface area contributed by atoms with Gasteiger partial charge in [0, 0.05) is 31.0 Å². The van der Waals surface area contributed by atoms with E-state index in [4.69, 9.17) is 9.15 Å². The lowest BCUT2D eigenvalue weighted by atomic mass is 10.1. The zero-order valence-corrected chi connectivity index (χ0v) is 18.6. The van der Waals surface area contributed by atoms with Gasteiger partial charge in [-0.1, -0.05) is 35.9 Å². The largest absolute Gasteiger partial charge is 0.493 e. The number of hydrogen-bond acceptors (Lipinski definition) is 5. The van der Waals surface area contributed by atoms with Gasteiger partial charge in [-0.3, -0.25) is 4.79 Å². The van der Waals surface area contributed by atoms with Crippen molar-refractivity contribution >= 4 is 5.91 Å². The van der Waals surface area contributed by atoms with Gasteiger partial charge in [-0.05, 0) is 37.5 Å². The van der Waals surface area contributed by atoms with Crippen molar-refractivity contribution in [1.82, 2.24) is 9.88 Å². The van der Waals surface area contributed by atoms with Gasteiger partial charge in [0.2, 0.25) is 5.91 Å². The molecule has 1 amide bonds. The first-order valence-electron chi connectivity index (χ1n) is 10.9. The van der Waals surface area contributed by atoms with Crippen LogP contribution in [-0.2, 0) is 17.8 Å². The molecule has 2 aromatic carbocycles. The quantitative estimate of drug-likeness (QED) is 0.410. The van der Waals surface area contributed by atoms with Crippen molar-refractivity contribution in [2.24, 2.45) is 0 Å². The maximum Gasteiger partial charge on any atom is 0.387 e. The average Bonchev–Trinajstić information content (AvgIpc) is 3.53. The lowest BCUT2D eigenvalue weighted by molar-refractivity contribution is -0.132. The molecule has 8 heteroatoms. The number of rotatable bonds is 10. The maximum absolute atomic E-state index is 13.0. The van der Waals surface area contributed by atoms with Crippen molar-refractivity contribution in [3.8, 4) is 22.8 Å². The molecule has 0 bridgehead atoms. The summed E-state index contributed by atoms with van der Waals surface area (Å²) in [7, 11) is 1.39. The number of hydrogen-bond donors (Lipinski definition) is 0. The minimum atomic E-state index is -2.93. The molecule has 0 N–H and O–H groups in total. The number of benzene rings is 2. The summed E-state index contributed by atoms with van der Waals surface area (Å²) in [5, 5.41) is 0. The Morgan fingerprint density at radius 3 is 2.61 bits per heavy atom. The molecule has 1 saturated carbocycles. The third-order valence-electron chi connectivity index (χ3n) is 5.55. The zero-order chi connectivity index (χ0) is 23.4. The van der Waals surface area contributed by atoms with E-state index in [1.165, 1.54) is 13.2 Å². The summed E-state index contributed by atoms with van der Waals surface area (Å²) in [6, 6.07) is 12.9. The summed E-state index contributed by atoms with van der Waals surface area (Å²) in [4.78, 5) is 19.1. The Balaban J connectivity index is 1.39. The van der Waals surface area contributed by atoms with Crippen LogP contribution in [0.5, 0.6) is 11.5 Å². The molecule has 1 aromatic heterocycles. The number of aryl methyl sites for hydroxylation is 2. The van der Waals surface area contributed by atoms with Crippen LogP contribution in [0.15, 0.2) is 53.1 Å². The molecule has 0 aliphatic heterocycles. The van der Waals surface area contributed by atoms with Gasteiger partial charge >= 0.3 is 6.61 Å². The number of methoxy groups -OCH3 is 1. The molecule has 1 aliphatic carbocycles. The third kappa shape index (κ3) is 5.88. The number of ether oxygens (including phenoxy) is 2. The van der Waals surface area contributed by atoms with Crippen molar-refractivity contribution in [3.05, 3.63) is 65.7 Å². The summed E-state index contributed by atoms with van der Waals surface area (Å²) in [6.07, 6.45) is 4.25.